The van der Waals surface area contributed by atoms with Crippen molar-refractivity contribution in [2.24, 2.45) is 5.73 Å². The molecule has 1 amide bonds. The van der Waals surface area contributed by atoms with Crippen molar-refractivity contribution >= 4 is 11.6 Å². The minimum absolute atomic E-state index is 0.300. The summed E-state index contributed by atoms with van der Waals surface area (Å²) in [4.78, 5) is 11.4. The van der Waals surface area contributed by atoms with Gasteiger partial charge in [0.25, 0.3) is 5.91 Å². The Bertz CT molecular complexity index is 627. The molecule has 0 saturated carbocycles. The van der Waals surface area contributed by atoms with Gasteiger partial charge in [0.15, 0.2) is 0 Å². The van der Waals surface area contributed by atoms with E-state index < -0.39 is 5.91 Å². The largest absolute Gasteiger partial charge is 0.492 e. The fourth-order valence-corrected chi connectivity index (χ4v) is 2.03. The van der Waals surface area contributed by atoms with E-state index in [9.17, 15) is 9.18 Å². The first kappa shape index (κ1) is 14.8. The number of rotatable bonds is 6. The maximum absolute atomic E-state index is 12.7. The number of amides is 1. The van der Waals surface area contributed by atoms with Gasteiger partial charge in [0.05, 0.1) is 5.56 Å². The van der Waals surface area contributed by atoms with Crippen LogP contribution in [-0.2, 0) is 0 Å². The molecule has 0 aromatic heterocycles. The molecule has 0 saturated heterocycles. The highest BCUT2D eigenvalue weighted by Gasteiger charge is 2.10. The van der Waals surface area contributed by atoms with Gasteiger partial charge in [-0.25, -0.2) is 4.39 Å². The Morgan fingerprint density at radius 3 is 2.62 bits per heavy atom. The van der Waals surface area contributed by atoms with E-state index in [0.717, 1.165) is 5.56 Å². The number of anilines is 1. The summed E-state index contributed by atoms with van der Waals surface area (Å²) in [5.41, 5.74) is 7.38. The molecule has 0 unspecified atom stereocenters. The molecule has 2 aromatic rings. The molecule has 4 nitrogen and oxygen atoms in total. The molecule has 110 valence electrons. The first-order valence-electron chi connectivity index (χ1n) is 6.59. The Balaban J connectivity index is 1.90. The zero-order valence-electron chi connectivity index (χ0n) is 11.7. The number of nitrogens with one attached hydrogen (secondary N) is 1. The monoisotopic (exact) mass is 288 g/mol. The number of hydrogen-bond donors (Lipinski definition) is 2. The molecule has 0 atom stereocenters. The number of aryl methyl sites for hydroxylation is 1. The number of benzene rings is 2. The molecule has 3 N–H and O–H groups in total. The summed E-state index contributed by atoms with van der Waals surface area (Å²) in [6.45, 7) is 2.72. The second kappa shape index (κ2) is 6.74. The lowest BCUT2D eigenvalue weighted by atomic mass is 10.1. The van der Waals surface area contributed by atoms with Gasteiger partial charge < -0.3 is 15.8 Å². The van der Waals surface area contributed by atoms with Crippen molar-refractivity contribution in [3.8, 4) is 5.75 Å². The topological polar surface area (TPSA) is 64.3 Å². The maximum atomic E-state index is 12.7. The fraction of sp³-hybridized carbons (Fsp3) is 0.188. The van der Waals surface area contributed by atoms with Crippen LogP contribution in [0.25, 0.3) is 0 Å². The standard InChI is InChI=1S/C16H17FN2O2/c1-11-3-2-4-14(15(11)16(18)20)19-9-10-21-13-7-5-12(17)6-8-13/h2-8,19H,9-10H2,1H3,(H2,18,20). The van der Waals surface area contributed by atoms with Crippen LogP contribution in [-0.4, -0.2) is 19.1 Å². The number of carbonyl (C=O) groups is 1. The van der Waals surface area contributed by atoms with Crippen molar-refractivity contribution in [3.05, 3.63) is 59.4 Å². The summed E-state index contributed by atoms with van der Waals surface area (Å²) in [5, 5.41) is 3.12. The van der Waals surface area contributed by atoms with Crippen molar-refractivity contribution in [3.63, 3.8) is 0 Å². The normalized spacial score (nSPS) is 10.2. The van der Waals surface area contributed by atoms with Crippen molar-refractivity contribution in [2.75, 3.05) is 18.5 Å². The lowest BCUT2D eigenvalue weighted by Crippen LogP contribution is -2.18. The predicted octanol–water partition coefficient (Wildman–Crippen LogP) is 2.72. The second-order valence-electron chi connectivity index (χ2n) is 4.59. The first-order chi connectivity index (χ1) is 10.1. The van der Waals surface area contributed by atoms with Crippen LogP contribution in [0.4, 0.5) is 10.1 Å². The maximum Gasteiger partial charge on any atom is 0.251 e. The molecule has 2 aromatic carbocycles. The summed E-state index contributed by atoms with van der Waals surface area (Å²) in [7, 11) is 0. The molecule has 0 bridgehead atoms. The third kappa shape index (κ3) is 3.95. The van der Waals surface area contributed by atoms with Gasteiger partial charge in [-0.05, 0) is 42.8 Å². The van der Waals surface area contributed by atoms with Crippen LogP contribution in [0.1, 0.15) is 15.9 Å². The third-order valence-corrected chi connectivity index (χ3v) is 3.02. The van der Waals surface area contributed by atoms with Crippen LogP contribution >= 0.6 is 0 Å². The van der Waals surface area contributed by atoms with Crippen LogP contribution in [0.15, 0.2) is 42.5 Å². The van der Waals surface area contributed by atoms with Crippen LogP contribution in [0.2, 0.25) is 0 Å². The summed E-state index contributed by atoms with van der Waals surface area (Å²) >= 11 is 0. The van der Waals surface area contributed by atoms with Crippen LogP contribution in [0.3, 0.4) is 0 Å². The average Bonchev–Trinajstić information content (AvgIpc) is 2.45. The molecule has 0 radical (unpaired) electrons. The van der Waals surface area contributed by atoms with E-state index in [1.54, 1.807) is 18.2 Å². The highest BCUT2D eigenvalue weighted by molar-refractivity contribution is 5.99. The van der Waals surface area contributed by atoms with Gasteiger partial charge in [-0.1, -0.05) is 12.1 Å². The Kier molecular flexibility index (Phi) is 4.77. The molecule has 0 aliphatic carbocycles. The van der Waals surface area contributed by atoms with Gasteiger partial charge in [-0.15, -0.1) is 0 Å². The number of primary amides is 1. The predicted molar refractivity (Wildman–Crippen MR) is 80.1 cm³/mol. The zero-order chi connectivity index (χ0) is 15.2. The number of carbonyl (C=O) groups excluding carboxylic acids is 1. The number of ether oxygens (including phenoxy) is 1. The number of halogens is 1. The molecule has 0 spiro atoms. The van der Waals surface area contributed by atoms with Crippen LogP contribution < -0.4 is 15.8 Å². The SMILES string of the molecule is Cc1cccc(NCCOc2ccc(F)cc2)c1C(N)=O. The first-order valence-corrected chi connectivity index (χ1v) is 6.59. The minimum Gasteiger partial charge on any atom is -0.492 e. The fourth-order valence-electron chi connectivity index (χ4n) is 2.03. The molecule has 0 heterocycles. The van der Waals surface area contributed by atoms with Gasteiger partial charge in [-0.2, -0.15) is 0 Å². The van der Waals surface area contributed by atoms with E-state index in [4.69, 9.17) is 10.5 Å². The van der Waals surface area contributed by atoms with E-state index in [-0.39, 0.29) is 5.82 Å². The molecule has 0 fully saturated rings. The van der Waals surface area contributed by atoms with Gasteiger partial charge in [0.1, 0.15) is 18.2 Å². The van der Waals surface area contributed by atoms with Gasteiger partial charge >= 0.3 is 0 Å². The minimum atomic E-state index is -0.463. The lowest BCUT2D eigenvalue weighted by Gasteiger charge is -2.12. The van der Waals surface area contributed by atoms with E-state index in [2.05, 4.69) is 5.32 Å². The quantitative estimate of drug-likeness (QED) is 0.803. The molecule has 2 rings (SSSR count). The Morgan fingerprint density at radius 2 is 1.95 bits per heavy atom. The Morgan fingerprint density at radius 1 is 1.24 bits per heavy atom. The van der Waals surface area contributed by atoms with Crippen molar-refractivity contribution in [1.82, 2.24) is 0 Å². The zero-order valence-corrected chi connectivity index (χ0v) is 11.7. The smallest absolute Gasteiger partial charge is 0.251 e. The molecular weight excluding hydrogens is 271 g/mol. The van der Waals surface area contributed by atoms with E-state index in [0.29, 0.717) is 30.2 Å². The molecule has 5 heteroatoms. The molecule has 0 aliphatic heterocycles. The molecular formula is C16H17FN2O2. The highest BCUT2D eigenvalue weighted by Crippen LogP contribution is 2.18. The van der Waals surface area contributed by atoms with Gasteiger partial charge in [-0.3, -0.25) is 4.79 Å². The van der Waals surface area contributed by atoms with E-state index >= 15 is 0 Å². The average molecular weight is 288 g/mol. The molecule has 21 heavy (non-hydrogen) atoms. The second-order valence-corrected chi connectivity index (χ2v) is 4.59. The van der Waals surface area contributed by atoms with Gasteiger partial charge in [0, 0.05) is 12.2 Å². The van der Waals surface area contributed by atoms with Gasteiger partial charge in [0.2, 0.25) is 0 Å². The summed E-state index contributed by atoms with van der Waals surface area (Å²) in [6.07, 6.45) is 0. The number of hydrogen-bond acceptors (Lipinski definition) is 3. The van der Waals surface area contributed by atoms with E-state index in [1.165, 1.54) is 12.1 Å². The van der Waals surface area contributed by atoms with Crippen molar-refractivity contribution in [2.45, 2.75) is 6.92 Å². The van der Waals surface area contributed by atoms with Crippen molar-refractivity contribution in [1.29, 1.82) is 0 Å². The Labute approximate surface area is 122 Å². The molecule has 0 aliphatic rings. The summed E-state index contributed by atoms with van der Waals surface area (Å²) in [6, 6.07) is 11.3. The number of nitrogens with two attached hydrogens (primary N) is 1. The van der Waals surface area contributed by atoms with Crippen LogP contribution in [0, 0.1) is 12.7 Å². The highest BCUT2D eigenvalue weighted by atomic mass is 19.1. The van der Waals surface area contributed by atoms with Crippen LogP contribution in [0.5, 0.6) is 5.75 Å². The third-order valence-electron chi connectivity index (χ3n) is 3.02. The van der Waals surface area contributed by atoms with E-state index in [1.807, 2.05) is 19.1 Å². The lowest BCUT2D eigenvalue weighted by molar-refractivity contribution is 0.100. The van der Waals surface area contributed by atoms with Crippen molar-refractivity contribution < 1.29 is 13.9 Å². The summed E-state index contributed by atoms with van der Waals surface area (Å²) < 4.78 is 18.2. The summed E-state index contributed by atoms with van der Waals surface area (Å²) in [5.74, 6) is -0.168. The Hall–Kier alpha value is -2.56.